The van der Waals surface area contributed by atoms with Crippen molar-refractivity contribution >= 4 is 10.0 Å². The van der Waals surface area contributed by atoms with Crippen LogP contribution in [0, 0.1) is 6.92 Å². The number of morpholine rings is 1. The molecule has 0 aliphatic carbocycles. The summed E-state index contributed by atoms with van der Waals surface area (Å²) < 4.78 is 33.4. The van der Waals surface area contributed by atoms with Gasteiger partial charge in [0.15, 0.2) is 0 Å². The second-order valence-corrected chi connectivity index (χ2v) is 8.01. The van der Waals surface area contributed by atoms with Crippen LogP contribution in [0.15, 0.2) is 59.5 Å². The zero-order valence-electron chi connectivity index (χ0n) is 14.4. The highest BCUT2D eigenvalue weighted by Gasteiger charge is 2.24. The van der Waals surface area contributed by atoms with Crippen LogP contribution in [-0.2, 0) is 14.8 Å². The first-order valence-corrected chi connectivity index (χ1v) is 9.98. The largest absolute Gasteiger partial charge is 0.379 e. The summed E-state index contributed by atoms with van der Waals surface area (Å²) in [6, 6.07) is 16.9. The van der Waals surface area contributed by atoms with Gasteiger partial charge in [0.2, 0.25) is 10.0 Å². The van der Waals surface area contributed by atoms with E-state index in [2.05, 4.69) is 9.62 Å². The van der Waals surface area contributed by atoms with Crippen LogP contribution in [0.1, 0.15) is 17.2 Å². The Morgan fingerprint density at radius 2 is 1.68 bits per heavy atom. The number of sulfonamides is 1. The van der Waals surface area contributed by atoms with Crippen LogP contribution in [0.3, 0.4) is 0 Å². The molecule has 1 heterocycles. The maximum atomic E-state index is 12.6. The molecule has 1 aliphatic rings. The average molecular weight is 360 g/mol. The third-order valence-corrected chi connectivity index (χ3v) is 5.91. The first kappa shape index (κ1) is 18.1. The molecule has 1 atom stereocenters. The third-order valence-electron chi connectivity index (χ3n) is 4.47. The van der Waals surface area contributed by atoms with Crippen molar-refractivity contribution in [3.05, 3.63) is 65.7 Å². The molecule has 1 aliphatic heterocycles. The first-order valence-electron chi connectivity index (χ1n) is 8.49. The van der Waals surface area contributed by atoms with Gasteiger partial charge in [0.25, 0.3) is 0 Å². The molecule has 0 amide bonds. The molecule has 134 valence electrons. The van der Waals surface area contributed by atoms with E-state index in [0.717, 1.165) is 24.2 Å². The molecule has 6 heteroatoms. The van der Waals surface area contributed by atoms with Gasteiger partial charge in [0.1, 0.15) is 0 Å². The highest BCUT2D eigenvalue weighted by atomic mass is 32.2. The SMILES string of the molecule is Cc1ccc(S(=O)(=O)NC[C@@H](c2ccccc2)N2CCOCC2)cc1. The lowest BCUT2D eigenvalue weighted by molar-refractivity contribution is 0.0172. The van der Waals surface area contributed by atoms with E-state index in [1.165, 1.54) is 0 Å². The van der Waals surface area contributed by atoms with Crippen molar-refractivity contribution in [2.24, 2.45) is 0 Å². The molecule has 2 aromatic rings. The van der Waals surface area contributed by atoms with Crippen molar-refractivity contribution in [2.45, 2.75) is 17.9 Å². The van der Waals surface area contributed by atoms with Gasteiger partial charge < -0.3 is 4.74 Å². The molecule has 0 spiro atoms. The Bertz CT molecular complexity index is 770. The summed E-state index contributed by atoms with van der Waals surface area (Å²) >= 11 is 0. The number of benzene rings is 2. The maximum Gasteiger partial charge on any atom is 0.240 e. The van der Waals surface area contributed by atoms with Gasteiger partial charge in [0, 0.05) is 25.7 Å². The average Bonchev–Trinajstić information content (AvgIpc) is 2.64. The van der Waals surface area contributed by atoms with E-state index in [-0.39, 0.29) is 6.04 Å². The van der Waals surface area contributed by atoms with E-state index in [9.17, 15) is 8.42 Å². The Hall–Kier alpha value is -1.73. The molecule has 1 fully saturated rings. The van der Waals surface area contributed by atoms with Crippen LogP contribution in [0.4, 0.5) is 0 Å². The smallest absolute Gasteiger partial charge is 0.240 e. The molecule has 25 heavy (non-hydrogen) atoms. The molecular formula is C19H24N2O3S. The molecule has 2 aromatic carbocycles. The van der Waals surface area contributed by atoms with Gasteiger partial charge >= 0.3 is 0 Å². The molecule has 0 aromatic heterocycles. The minimum Gasteiger partial charge on any atom is -0.379 e. The predicted molar refractivity (Wildman–Crippen MR) is 97.9 cm³/mol. The fourth-order valence-electron chi connectivity index (χ4n) is 3.01. The highest BCUT2D eigenvalue weighted by Crippen LogP contribution is 2.22. The number of nitrogens with zero attached hydrogens (tertiary/aromatic N) is 1. The van der Waals surface area contributed by atoms with E-state index < -0.39 is 10.0 Å². The Balaban J connectivity index is 1.77. The van der Waals surface area contributed by atoms with E-state index in [1.54, 1.807) is 12.1 Å². The van der Waals surface area contributed by atoms with Crippen LogP contribution in [-0.4, -0.2) is 46.2 Å². The monoisotopic (exact) mass is 360 g/mol. The number of hydrogen-bond donors (Lipinski definition) is 1. The number of ether oxygens (including phenoxy) is 1. The summed E-state index contributed by atoms with van der Waals surface area (Å²) in [5, 5.41) is 0. The number of rotatable bonds is 6. The number of hydrogen-bond acceptors (Lipinski definition) is 4. The van der Waals surface area contributed by atoms with Gasteiger partial charge in [-0.25, -0.2) is 13.1 Å². The van der Waals surface area contributed by atoms with Crippen LogP contribution < -0.4 is 4.72 Å². The predicted octanol–water partition coefficient (Wildman–Crippen LogP) is 2.35. The molecular weight excluding hydrogens is 336 g/mol. The zero-order chi connectivity index (χ0) is 17.7. The molecule has 0 unspecified atom stereocenters. The number of aryl methyl sites for hydroxylation is 1. The first-order chi connectivity index (χ1) is 12.1. The van der Waals surface area contributed by atoms with E-state index in [4.69, 9.17) is 4.74 Å². The normalized spacial score (nSPS) is 17.3. The molecule has 1 saturated heterocycles. The van der Waals surface area contributed by atoms with Gasteiger partial charge in [-0.1, -0.05) is 48.0 Å². The molecule has 0 bridgehead atoms. The Morgan fingerprint density at radius 1 is 1.04 bits per heavy atom. The minimum atomic E-state index is -3.53. The van der Waals surface area contributed by atoms with Gasteiger partial charge in [0.05, 0.1) is 18.1 Å². The van der Waals surface area contributed by atoms with Crippen molar-refractivity contribution in [1.82, 2.24) is 9.62 Å². The molecule has 1 N–H and O–H groups in total. The Labute approximate surface area is 149 Å². The van der Waals surface area contributed by atoms with Crippen LogP contribution >= 0.6 is 0 Å². The fraction of sp³-hybridized carbons (Fsp3) is 0.368. The summed E-state index contributed by atoms with van der Waals surface area (Å²) in [5.74, 6) is 0. The van der Waals surface area contributed by atoms with Crippen molar-refractivity contribution in [3.63, 3.8) is 0 Å². The molecule has 3 rings (SSSR count). The topological polar surface area (TPSA) is 58.6 Å². The summed E-state index contributed by atoms with van der Waals surface area (Å²) in [6.07, 6.45) is 0. The number of nitrogens with one attached hydrogen (secondary N) is 1. The van der Waals surface area contributed by atoms with Crippen molar-refractivity contribution in [3.8, 4) is 0 Å². The van der Waals surface area contributed by atoms with E-state index >= 15 is 0 Å². The fourth-order valence-corrected chi connectivity index (χ4v) is 4.05. The maximum absolute atomic E-state index is 12.6. The zero-order valence-corrected chi connectivity index (χ0v) is 15.2. The Morgan fingerprint density at radius 3 is 2.32 bits per heavy atom. The van der Waals surface area contributed by atoms with Crippen molar-refractivity contribution in [2.75, 3.05) is 32.8 Å². The second-order valence-electron chi connectivity index (χ2n) is 6.24. The van der Waals surface area contributed by atoms with Gasteiger partial charge in [-0.2, -0.15) is 0 Å². The lowest BCUT2D eigenvalue weighted by atomic mass is 10.1. The summed E-state index contributed by atoms with van der Waals surface area (Å²) in [6.45, 7) is 5.22. The summed E-state index contributed by atoms with van der Waals surface area (Å²) in [7, 11) is -3.53. The summed E-state index contributed by atoms with van der Waals surface area (Å²) in [5.41, 5.74) is 2.14. The van der Waals surface area contributed by atoms with Crippen molar-refractivity contribution in [1.29, 1.82) is 0 Å². The quantitative estimate of drug-likeness (QED) is 0.859. The van der Waals surface area contributed by atoms with Crippen LogP contribution in [0.5, 0.6) is 0 Å². The van der Waals surface area contributed by atoms with Crippen LogP contribution in [0.2, 0.25) is 0 Å². The van der Waals surface area contributed by atoms with E-state index in [0.29, 0.717) is 24.7 Å². The minimum absolute atomic E-state index is 0.00896. The third kappa shape index (κ3) is 4.67. The molecule has 0 radical (unpaired) electrons. The highest BCUT2D eigenvalue weighted by molar-refractivity contribution is 7.89. The lowest BCUT2D eigenvalue weighted by Crippen LogP contribution is -2.43. The standard InChI is InChI=1S/C19H24N2O3S/c1-16-7-9-18(10-8-16)25(22,23)20-15-19(17-5-3-2-4-6-17)21-11-13-24-14-12-21/h2-10,19-20H,11-15H2,1H3/t19-/m0/s1. The molecule has 5 nitrogen and oxygen atoms in total. The second kappa shape index (κ2) is 8.10. The van der Waals surface area contributed by atoms with Gasteiger partial charge in [-0.05, 0) is 24.6 Å². The lowest BCUT2D eigenvalue weighted by Gasteiger charge is -2.34. The van der Waals surface area contributed by atoms with E-state index in [1.807, 2.05) is 49.4 Å². The van der Waals surface area contributed by atoms with Crippen LogP contribution in [0.25, 0.3) is 0 Å². The summed E-state index contributed by atoms with van der Waals surface area (Å²) in [4.78, 5) is 2.57. The Kier molecular flexibility index (Phi) is 5.86. The van der Waals surface area contributed by atoms with Crippen molar-refractivity contribution < 1.29 is 13.2 Å². The van der Waals surface area contributed by atoms with Gasteiger partial charge in [-0.15, -0.1) is 0 Å². The molecule has 0 saturated carbocycles. The van der Waals surface area contributed by atoms with Gasteiger partial charge in [-0.3, -0.25) is 4.90 Å².